The molecule has 1 aliphatic carbocycles. The predicted molar refractivity (Wildman–Crippen MR) is 45.9 cm³/mol. The molecule has 0 atom stereocenters. The molecule has 1 rings (SSSR count). The molecular weight excluding hydrogens is 156 g/mol. The molecule has 0 saturated heterocycles. The highest BCUT2D eigenvalue weighted by Crippen LogP contribution is 2.23. The number of hydrogen-bond acceptors (Lipinski definition) is 2. The van der Waals surface area contributed by atoms with E-state index in [9.17, 15) is 4.79 Å². The Bertz CT molecular complexity index is 137. The minimum atomic E-state index is -0.602. The van der Waals surface area contributed by atoms with Gasteiger partial charge < -0.3 is 9.90 Å². The van der Waals surface area contributed by atoms with Crippen LogP contribution in [0.3, 0.4) is 0 Å². The van der Waals surface area contributed by atoms with Crippen molar-refractivity contribution in [1.29, 1.82) is 0 Å². The topological polar surface area (TPSA) is 54.4 Å². The summed E-state index contributed by atoms with van der Waals surface area (Å²) in [6, 6.07) is 0. The standard InChI is InChI=1S/C7H12O2.C2H4O/c8-7(9)6-4-2-1-3-5-6;1-2-3/h6H,1-5H2,(H,8,9);2H,1H3. The summed E-state index contributed by atoms with van der Waals surface area (Å²) < 4.78 is 0. The third-order valence-corrected chi connectivity index (χ3v) is 1.95. The lowest BCUT2D eigenvalue weighted by Gasteiger charge is -2.16. The minimum absolute atomic E-state index is 0.0289. The lowest BCUT2D eigenvalue weighted by molar-refractivity contribution is -0.142. The molecule has 1 fully saturated rings. The smallest absolute Gasteiger partial charge is 0.306 e. The highest BCUT2D eigenvalue weighted by Gasteiger charge is 2.19. The van der Waals surface area contributed by atoms with Gasteiger partial charge in [-0.2, -0.15) is 0 Å². The average molecular weight is 172 g/mol. The van der Waals surface area contributed by atoms with Gasteiger partial charge in [0.15, 0.2) is 0 Å². The fourth-order valence-electron chi connectivity index (χ4n) is 1.35. The van der Waals surface area contributed by atoms with E-state index in [1.807, 2.05) is 0 Å². The largest absolute Gasteiger partial charge is 0.481 e. The molecular formula is C9H16O3. The molecule has 12 heavy (non-hydrogen) atoms. The second-order valence-electron chi connectivity index (χ2n) is 2.91. The number of carboxylic acid groups (broad SMARTS) is 1. The SMILES string of the molecule is CC=O.O=C(O)C1CCCCC1. The van der Waals surface area contributed by atoms with Crippen LogP contribution >= 0.6 is 0 Å². The summed E-state index contributed by atoms with van der Waals surface area (Å²) >= 11 is 0. The third kappa shape index (κ3) is 4.88. The first kappa shape index (κ1) is 11.1. The van der Waals surface area contributed by atoms with Crippen LogP contribution in [-0.4, -0.2) is 17.4 Å². The highest BCUT2D eigenvalue weighted by molar-refractivity contribution is 5.69. The van der Waals surface area contributed by atoms with Crippen molar-refractivity contribution in [1.82, 2.24) is 0 Å². The quantitative estimate of drug-likeness (QED) is 0.614. The number of aldehydes is 1. The van der Waals surface area contributed by atoms with E-state index in [0.717, 1.165) is 32.0 Å². The molecule has 3 nitrogen and oxygen atoms in total. The van der Waals surface area contributed by atoms with Gasteiger partial charge in [-0.15, -0.1) is 0 Å². The fourth-order valence-corrected chi connectivity index (χ4v) is 1.35. The molecule has 1 aliphatic rings. The van der Waals surface area contributed by atoms with E-state index in [1.165, 1.54) is 13.3 Å². The van der Waals surface area contributed by atoms with E-state index < -0.39 is 5.97 Å². The van der Waals surface area contributed by atoms with Crippen molar-refractivity contribution in [2.45, 2.75) is 39.0 Å². The first-order valence-corrected chi connectivity index (χ1v) is 4.35. The fraction of sp³-hybridized carbons (Fsp3) is 0.778. The van der Waals surface area contributed by atoms with Gasteiger partial charge in [-0.05, 0) is 19.8 Å². The van der Waals surface area contributed by atoms with Crippen LogP contribution in [0.15, 0.2) is 0 Å². The summed E-state index contributed by atoms with van der Waals surface area (Å²) in [5.41, 5.74) is 0. The van der Waals surface area contributed by atoms with Gasteiger partial charge in [-0.1, -0.05) is 19.3 Å². The molecule has 0 heterocycles. The van der Waals surface area contributed by atoms with Crippen LogP contribution in [0.2, 0.25) is 0 Å². The Balaban J connectivity index is 0.000000354. The summed E-state index contributed by atoms with van der Waals surface area (Å²) in [5, 5.41) is 8.54. The van der Waals surface area contributed by atoms with Gasteiger partial charge in [0.2, 0.25) is 0 Å². The molecule has 0 aliphatic heterocycles. The van der Waals surface area contributed by atoms with Crippen LogP contribution in [0.1, 0.15) is 39.0 Å². The van der Waals surface area contributed by atoms with Gasteiger partial charge >= 0.3 is 5.97 Å². The Morgan fingerprint density at radius 1 is 1.33 bits per heavy atom. The van der Waals surface area contributed by atoms with E-state index >= 15 is 0 Å². The number of aliphatic carboxylic acids is 1. The number of carbonyl (C=O) groups is 2. The van der Waals surface area contributed by atoms with Crippen LogP contribution in [0.5, 0.6) is 0 Å². The van der Waals surface area contributed by atoms with Gasteiger partial charge in [0.05, 0.1) is 5.92 Å². The van der Waals surface area contributed by atoms with Crippen molar-refractivity contribution in [2.24, 2.45) is 5.92 Å². The second kappa shape index (κ2) is 6.83. The van der Waals surface area contributed by atoms with Crippen LogP contribution in [0.4, 0.5) is 0 Å². The second-order valence-corrected chi connectivity index (χ2v) is 2.91. The number of hydrogen-bond donors (Lipinski definition) is 1. The van der Waals surface area contributed by atoms with Crippen LogP contribution in [0.25, 0.3) is 0 Å². The van der Waals surface area contributed by atoms with Gasteiger partial charge in [-0.3, -0.25) is 4.79 Å². The van der Waals surface area contributed by atoms with Gasteiger partial charge in [0.25, 0.3) is 0 Å². The van der Waals surface area contributed by atoms with Gasteiger partial charge in [0, 0.05) is 0 Å². The summed E-state index contributed by atoms with van der Waals surface area (Å²) in [6.07, 6.45) is 5.99. The van der Waals surface area contributed by atoms with E-state index in [4.69, 9.17) is 9.90 Å². The zero-order chi connectivity index (χ0) is 9.40. The molecule has 0 unspecified atom stereocenters. The molecule has 0 aromatic heterocycles. The normalized spacial score (nSPS) is 17.4. The number of carboxylic acids is 1. The van der Waals surface area contributed by atoms with Crippen molar-refractivity contribution >= 4 is 12.3 Å². The van der Waals surface area contributed by atoms with Crippen LogP contribution in [0, 0.1) is 5.92 Å². The van der Waals surface area contributed by atoms with E-state index in [0.29, 0.717) is 0 Å². The zero-order valence-electron chi connectivity index (χ0n) is 7.45. The van der Waals surface area contributed by atoms with E-state index in [-0.39, 0.29) is 5.92 Å². The van der Waals surface area contributed by atoms with Crippen molar-refractivity contribution in [3.63, 3.8) is 0 Å². The minimum Gasteiger partial charge on any atom is -0.481 e. The summed E-state index contributed by atoms with van der Waals surface area (Å²) in [7, 11) is 0. The Morgan fingerprint density at radius 3 is 2.00 bits per heavy atom. The average Bonchev–Trinajstić information content (AvgIpc) is 2.07. The van der Waals surface area contributed by atoms with Crippen molar-refractivity contribution < 1.29 is 14.7 Å². The molecule has 0 bridgehead atoms. The van der Waals surface area contributed by atoms with Crippen LogP contribution in [-0.2, 0) is 9.59 Å². The van der Waals surface area contributed by atoms with Crippen molar-refractivity contribution in [3.05, 3.63) is 0 Å². The third-order valence-electron chi connectivity index (χ3n) is 1.95. The predicted octanol–water partition coefficient (Wildman–Crippen LogP) is 1.86. The lowest BCUT2D eigenvalue weighted by atomic mass is 9.90. The molecule has 1 N–H and O–H groups in total. The summed E-state index contributed by atoms with van der Waals surface area (Å²) in [6.45, 7) is 1.44. The summed E-state index contributed by atoms with van der Waals surface area (Å²) in [4.78, 5) is 19.2. The lowest BCUT2D eigenvalue weighted by Crippen LogP contribution is -2.16. The molecule has 0 radical (unpaired) electrons. The van der Waals surface area contributed by atoms with Gasteiger partial charge in [0.1, 0.15) is 6.29 Å². The first-order valence-electron chi connectivity index (χ1n) is 4.35. The monoisotopic (exact) mass is 172 g/mol. The maximum atomic E-state index is 10.4. The van der Waals surface area contributed by atoms with Gasteiger partial charge in [-0.25, -0.2) is 0 Å². The van der Waals surface area contributed by atoms with Crippen molar-refractivity contribution in [2.75, 3.05) is 0 Å². The molecule has 70 valence electrons. The Morgan fingerprint density at radius 2 is 1.75 bits per heavy atom. The van der Waals surface area contributed by atoms with Crippen molar-refractivity contribution in [3.8, 4) is 0 Å². The summed E-state index contributed by atoms with van der Waals surface area (Å²) in [5.74, 6) is -0.631. The maximum Gasteiger partial charge on any atom is 0.306 e. The molecule has 0 aromatic carbocycles. The Hall–Kier alpha value is -0.860. The zero-order valence-corrected chi connectivity index (χ0v) is 7.45. The van der Waals surface area contributed by atoms with E-state index in [1.54, 1.807) is 0 Å². The maximum absolute atomic E-state index is 10.4. The van der Waals surface area contributed by atoms with Crippen LogP contribution < -0.4 is 0 Å². The molecule has 0 amide bonds. The number of carbonyl (C=O) groups excluding carboxylic acids is 1. The Labute approximate surface area is 72.8 Å². The Kier molecular flexibility index (Phi) is 6.34. The molecule has 1 saturated carbocycles. The number of rotatable bonds is 1. The molecule has 0 spiro atoms. The highest BCUT2D eigenvalue weighted by atomic mass is 16.4. The molecule has 0 aromatic rings. The molecule has 3 heteroatoms. The van der Waals surface area contributed by atoms with E-state index in [2.05, 4.69) is 0 Å². The first-order chi connectivity index (χ1) is 5.72.